The molecular weight excluding hydrogens is 264 g/mol. The summed E-state index contributed by atoms with van der Waals surface area (Å²) in [6.45, 7) is 2.28. The van der Waals surface area contributed by atoms with Crippen LogP contribution >= 0.6 is 11.6 Å². The van der Waals surface area contributed by atoms with E-state index in [4.69, 9.17) is 16.3 Å². The van der Waals surface area contributed by atoms with Gasteiger partial charge in [-0.15, -0.1) is 11.6 Å². The number of rotatable bonds is 5. The van der Waals surface area contributed by atoms with Gasteiger partial charge in [0.15, 0.2) is 0 Å². The second-order valence-electron chi connectivity index (χ2n) is 4.40. The highest BCUT2D eigenvalue weighted by atomic mass is 35.5. The Labute approximate surface area is 108 Å². The van der Waals surface area contributed by atoms with Crippen molar-refractivity contribution in [3.63, 3.8) is 0 Å². The second kappa shape index (κ2) is 5.84. The molecule has 0 aromatic carbocycles. The van der Waals surface area contributed by atoms with Gasteiger partial charge in [-0.3, -0.25) is 0 Å². The van der Waals surface area contributed by atoms with Gasteiger partial charge in [0.25, 0.3) is 10.2 Å². The number of ether oxygens (including phenoxy) is 1. The molecule has 5 nitrogen and oxygen atoms in total. The smallest absolute Gasteiger partial charge is 0.282 e. The van der Waals surface area contributed by atoms with Gasteiger partial charge in [-0.1, -0.05) is 6.42 Å². The maximum atomic E-state index is 12.4. The molecule has 0 N–H and O–H groups in total. The lowest BCUT2D eigenvalue weighted by Gasteiger charge is -2.39. The van der Waals surface area contributed by atoms with E-state index in [2.05, 4.69) is 0 Å². The van der Waals surface area contributed by atoms with E-state index in [-0.39, 0.29) is 6.04 Å². The van der Waals surface area contributed by atoms with Gasteiger partial charge < -0.3 is 4.74 Å². The Bertz CT molecular complexity index is 339. The van der Waals surface area contributed by atoms with Crippen molar-refractivity contribution in [2.45, 2.75) is 25.3 Å². The van der Waals surface area contributed by atoms with Crippen LogP contribution in [0.3, 0.4) is 0 Å². The fourth-order valence-electron chi connectivity index (χ4n) is 2.17. The van der Waals surface area contributed by atoms with Crippen molar-refractivity contribution in [1.29, 1.82) is 0 Å². The normalized spacial score (nSPS) is 23.9. The molecule has 0 radical (unpaired) electrons. The third-order valence-electron chi connectivity index (χ3n) is 3.38. The second-order valence-corrected chi connectivity index (χ2v) is 6.66. The van der Waals surface area contributed by atoms with Gasteiger partial charge >= 0.3 is 0 Å². The molecule has 1 saturated heterocycles. The lowest BCUT2D eigenvalue weighted by atomic mass is 9.93. The Hall–Kier alpha value is 0.120. The molecule has 1 aliphatic carbocycles. The molecule has 0 aromatic heterocycles. The largest absolute Gasteiger partial charge is 0.379 e. The standard InChI is InChI=1S/C10H19ClN2O3S/c11-4-5-13(10-2-1-3-10)17(14,15)12-6-8-16-9-7-12/h10H,1-9H2. The zero-order valence-electron chi connectivity index (χ0n) is 9.85. The molecule has 2 fully saturated rings. The number of halogens is 1. The lowest BCUT2D eigenvalue weighted by Crippen LogP contribution is -2.54. The molecule has 0 bridgehead atoms. The van der Waals surface area contributed by atoms with Gasteiger partial charge in [0.2, 0.25) is 0 Å². The number of hydrogen-bond acceptors (Lipinski definition) is 3. The first kappa shape index (κ1) is 13.5. The minimum absolute atomic E-state index is 0.154. The molecule has 1 aliphatic heterocycles. The number of nitrogens with zero attached hydrogens (tertiary/aromatic N) is 2. The van der Waals surface area contributed by atoms with Crippen LogP contribution in [0.1, 0.15) is 19.3 Å². The molecule has 7 heteroatoms. The molecule has 100 valence electrons. The molecule has 2 aliphatic rings. The minimum Gasteiger partial charge on any atom is -0.379 e. The molecule has 2 rings (SSSR count). The topological polar surface area (TPSA) is 49.9 Å². The third kappa shape index (κ3) is 2.93. The van der Waals surface area contributed by atoms with Gasteiger partial charge in [0.1, 0.15) is 0 Å². The fraction of sp³-hybridized carbons (Fsp3) is 1.00. The van der Waals surface area contributed by atoms with Crippen molar-refractivity contribution < 1.29 is 13.2 Å². The Morgan fingerprint density at radius 2 is 1.94 bits per heavy atom. The highest BCUT2D eigenvalue weighted by Crippen LogP contribution is 2.28. The summed E-state index contributed by atoms with van der Waals surface area (Å²) in [6.07, 6.45) is 3.03. The van der Waals surface area contributed by atoms with Crippen LogP contribution in [0.2, 0.25) is 0 Å². The summed E-state index contributed by atoms with van der Waals surface area (Å²) in [7, 11) is -3.34. The van der Waals surface area contributed by atoms with Gasteiger partial charge in [-0.2, -0.15) is 17.0 Å². The van der Waals surface area contributed by atoms with Gasteiger partial charge in [-0.25, -0.2) is 0 Å². The summed E-state index contributed by atoms with van der Waals surface area (Å²) in [5.74, 6) is 0.347. The minimum atomic E-state index is -3.34. The highest BCUT2D eigenvalue weighted by molar-refractivity contribution is 7.86. The first-order valence-corrected chi connectivity index (χ1v) is 8.00. The zero-order valence-corrected chi connectivity index (χ0v) is 11.4. The summed E-state index contributed by atoms with van der Waals surface area (Å²) < 4.78 is 33.2. The summed E-state index contributed by atoms with van der Waals surface area (Å²) in [6, 6.07) is 0.154. The van der Waals surface area contributed by atoms with Crippen LogP contribution in [-0.4, -0.2) is 61.8 Å². The molecule has 17 heavy (non-hydrogen) atoms. The van der Waals surface area contributed by atoms with Crippen molar-refractivity contribution in [3.05, 3.63) is 0 Å². The molecular formula is C10H19ClN2O3S. The van der Waals surface area contributed by atoms with Crippen molar-refractivity contribution >= 4 is 21.8 Å². The highest BCUT2D eigenvalue weighted by Gasteiger charge is 2.37. The lowest BCUT2D eigenvalue weighted by molar-refractivity contribution is 0.0679. The van der Waals surface area contributed by atoms with Crippen LogP contribution in [0, 0.1) is 0 Å². The Balaban J connectivity index is 2.08. The molecule has 1 heterocycles. The Kier molecular flexibility index (Phi) is 4.65. The van der Waals surface area contributed by atoms with Crippen molar-refractivity contribution in [3.8, 4) is 0 Å². The maximum Gasteiger partial charge on any atom is 0.282 e. The average molecular weight is 283 g/mol. The van der Waals surface area contributed by atoms with E-state index in [1.165, 1.54) is 4.31 Å². The van der Waals surface area contributed by atoms with Crippen molar-refractivity contribution in [1.82, 2.24) is 8.61 Å². The van der Waals surface area contributed by atoms with E-state index in [9.17, 15) is 8.42 Å². The van der Waals surface area contributed by atoms with E-state index in [1.54, 1.807) is 4.31 Å². The Morgan fingerprint density at radius 1 is 1.29 bits per heavy atom. The van der Waals surface area contributed by atoms with E-state index < -0.39 is 10.2 Å². The van der Waals surface area contributed by atoms with Gasteiger partial charge in [-0.05, 0) is 12.8 Å². The van der Waals surface area contributed by atoms with E-state index >= 15 is 0 Å². The van der Waals surface area contributed by atoms with E-state index in [1.807, 2.05) is 0 Å². The molecule has 1 saturated carbocycles. The van der Waals surface area contributed by atoms with Crippen LogP contribution in [0.4, 0.5) is 0 Å². The van der Waals surface area contributed by atoms with Crippen molar-refractivity contribution in [2.24, 2.45) is 0 Å². The van der Waals surface area contributed by atoms with Crippen LogP contribution in [0.5, 0.6) is 0 Å². The summed E-state index contributed by atoms with van der Waals surface area (Å²) in [5.41, 5.74) is 0. The van der Waals surface area contributed by atoms with E-state index in [0.29, 0.717) is 38.7 Å². The van der Waals surface area contributed by atoms with Gasteiger partial charge in [0, 0.05) is 31.6 Å². The molecule has 0 aromatic rings. The monoisotopic (exact) mass is 282 g/mol. The summed E-state index contributed by atoms with van der Waals surface area (Å²) >= 11 is 5.72. The number of morpholine rings is 1. The predicted molar refractivity (Wildman–Crippen MR) is 66.4 cm³/mol. The molecule has 0 amide bonds. The van der Waals surface area contributed by atoms with E-state index in [0.717, 1.165) is 19.3 Å². The van der Waals surface area contributed by atoms with Crippen LogP contribution in [-0.2, 0) is 14.9 Å². The first-order valence-electron chi connectivity index (χ1n) is 6.07. The van der Waals surface area contributed by atoms with Crippen LogP contribution < -0.4 is 0 Å². The van der Waals surface area contributed by atoms with Crippen molar-refractivity contribution in [2.75, 3.05) is 38.7 Å². The number of alkyl halides is 1. The zero-order chi connectivity index (χ0) is 12.3. The molecule has 0 unspecified atom stereocenters. The maximum absolute atomic E-state index is 12.4. The summed E-state index contributed by atoms with van der Waals surface area (Å²) in [4.78, 5) is 0. The SMILES string of the molecule is O=S(=O)(N1CCOCC1)N(CCCl)C1CCC1. The summed E-state index contributed by atoms with van der Waals surface area (Å²) in [5, 5.41) is 0. The molecule has 0 spiro atoms. The first-order chi connectivity index (χ1) is 8.16. The fourth-order valence-corrected chi connectivity index (χ4v) is 4.27. The predicted octanol–water partition coefficient (Wildman–Crippen LogP) is 0.657. The average Bonchev–Trinajstić information content (AvgIpc) is 2.27. The Morgan fingerprint density at radius 3 is 2.41 bits per heavy atom. The molecule has 0 atom stereocenters. The quantitative estimate of drug-likeness (QED) is 0.696. The van der Waals surface area contributed by atoms with Crippen LogP contribution in [0.25, 0.3) is 0 Å². The third-order valence-corrected chi connectivity index (χ3v) is 5.64. The van der Waals surface area contributed by atoms with Crippen LogP contribution in [0.15, 0.2) is 0 Å². The van der Waals surface area contributed by atoms with Gasteiger partial charge in [0.05, 0.1) is 13.2 Å². The number of hydrogen-bond donors (Lipinski definition) is 0.